The van der Waals surface area contributed by atoms with Gasteiger partial charge in [-0.3, -0.25) is 4.79 Å². The minimum absolute atomic E-state index is 0.0173. The Balaban J connectivity index is 2.46. The van der Waals surface area contributed by atoms with Crippen LogP contribution < -0.4 is 0 Å². The molecule has 0 saturated heterocycles. The van der Waals surface area contributed by atoms with Gasteiger partial charge >= 0.3 is 0 Å². The number of hydrogen-bond acceptors (Lipinski definition) is 1. The van der Waals surface area contributed by atoms with Gasteiger partial charge < -0.3 is 0 Å². The van der Waals surface area contributed by atoms with E-state index in [0.717, 1.165) is 0 Å². The molecular formula is C13H10O. The molecule has 1 heteroatoms. The summed E-state index contributed by atoms with van der Waals surface area (Å²) in [5.74, 6) is -0.209. The number of benzene rings is 2. The summed E-state index contributed by atoms with van der Waals surface area (Å²) in [6, 6.07) is 13.6. The maximum Gasteiger partial charge on any atom is 0.193 e. The molecule has 0 amide bonds. The molecule has 0 aliphatic heterocycles. The van der Waals surface area contributed by atoms with E-state index in [9.17, 15) is 4.79 Å². The highest BCUT2D eigenvalue weighted by Crippen LogP contribution is 2.08. The van der Waals surface area contributed by atoms with E-state index < -0.39 is 0 Å². The fourth-order valence-electron chi connectivity index (χ4n) is 1.23. The molecule has 0 aliphatic rings. The summed E-state index contributed by atoms with van der Waals surface area (Å²) in [5, 5.41) is 0. The van der Waals surface area contributed by atoms with Crippen LogP contribution in [0.25, 0.3) is 0 Å². The second-order valence-electron chi connectivity index (χ2n) is 2.90. The van der Waals surface area contributed by atoms with E-state index in [2.05, 4.69) is 0 Å². The summed E-state index contributed by atoms with van der Waals surface area (Å²) >= 11 is 0. The van der Waals surface area contributed by atoms with Crippen LogP contribution in [0.15, 0.2) is 60.6 Å². The largest absolute Gasteiger partial charge is 0.289 e. The molecule has 0 aliphatic carbocycles. The average molecular weight is 184 g/mol. The number of hydrogen-bond donors (Lipinski definition) is 0. The zero-order valence-electron chi connectivity index (χ0n) is 9.53. The predicted molar refractivity (Wildman–Crippen MR) is 56.3 cm³/mol. The van der Waals surface area contributed by atoms with Crippen molar-refractivity contribution in [1.29, 1.82) is 0 Å². The van der Waals surface area contributed by atoms with Gasteiger partial charge in [0.1, 0.15) is 0 Å². The molecule has 2 aromatic carbocycles. The summed E-state index contributed by atoms with van der Waals surface area (Å²) in [4.78, 5) is 12.0. The van der Waals surface area contributed by atoms with E-state index in [0.29, 0.717) is 5.56 Å². The van der Waals surface area contributed by atoms with Gasteiger partial charge in [0.25, 0.3) is 0 Å². The Kier molecular flexibility index (Phi) is 1.81. The molecule has 0 aromatic heterocycles. The fraction of sp³-hybridized carbons (Fsp3) is 0. The van der Waals surface area contributed by atoms with Gasteiger partial charge in [-0.2, -0.15) is 0 Å². The first-order valence-corrected chi connectivity index (χ1v) is 4.36. The van der Waals surface area contributed by atoms with Crippen LogP contribution in [0.5, 0.6) is 0 Å². The third-order valence-corrected chi connectivity index (χ3v) is 1.93. The first kappa shape index (κ1) is 6.55. The average Bonchev–Trinajstić information content (AvgIpc) is 2.33. The van der Waals surface area contributed by atoms with Gasteiger partial charge in [0, 0.05) is 11.1 Å². The number of carbonyl (C=O) groups is 1. The van der Waals surface area contributed by atoms with Gasteiger partial charge in [-0.15, -0.1) is 0 Å². The van der Waals surface area contributed by atoms with E-state index in [1.54, 1.807) is 36.4 Å². The Morgan fingerprint density at radius 1 is 0.929 bits per heavy atom. The number of ketones is 1. The lowest BCUT2D eigenvalue weighted by molar-refractivity contribution is 0.103. The molecule has 14 heavy (non-hydrogen) atoms. The summed E-state index contributed by atoms with van der Waals surface area (Å²) in [6.45, 7) is 0. The monoisotopic (exact) mass is 184 g/mol. The van der Waals surface area contributed by atoms with Crippen molar-refractivity contribution in [3.05, 3.63) is 71.7 Å². The molecule has 0 fully saturated rings. The molecule has 2 rings (SSSR count). The lowest BCUT2D eigenvalue weighted by Gasteiger charge is -1.99. The van der Waals surface area contributed by atoms with Crippen molar-refractivity contribution in [2.45, 2.75) is 0 Å². The summed E-state index contributed by atoms with van der Waals surface area (Å²) in [6.07, 6.45) is 0. The van der Waals surface area contributed by atoms with Crippen LogP contribution in [-0.2, 0) is 0 Å². The third kappa shape index (κ3) is 1.72. The van der Waals surface area contributed by atoms with Gasteiger partial charge in [-0.05, 0) is 0 Å². The third-order valence-electron chi connectivity index (χ3n) is 1.93. The SMILES string of the molecule is [2H]c1cccc(C(=O)c2ccccc2)c1[2H]. The van der Waals surface area contributed by atoms with Crippen molar-refractivity contribution in [3.63, 3.8) is 0 Å². The number of carbonyl (C=O) groups excluding carboxylic acids is 1. The standard InChI is InChI=1S/C13H10O/c14-13(11-7-3-1-4-8-11)12-9-5-2-6-10-12/h1-10H/i3D,7D. The lowest BCUT2D eigenvalue weighted by Crippen LogP contribution is -1.99. The molecule has 0 heterocycles. The Hall–Kier alpha value is -1.89. The van der Waals surface area contributed by atoms with Crippen LogP contribution in [0, 0.1) is 0 Å². The van der Waals surface area contributed by atoms with Gasteiger partial charge in [0.15, 0.2) is 5.78 Å². The molecule has 0 radical (unpaired) electrons. The van der Waals surface area contributed by atoms with Crippen molar-refractivity contribution in [1.82, 2.24) is 0 Å². The predicted octanol–water partition coefficient (Wildman–Crippen LogP) is 2.92. The molecule has 68 valence electrons. The Bertz CT molecular complexity index is 521. The first-order valence-electron chi connectivity index (χ1n) is 5.36. The molecule has 0 N–H and O–H groups in total. The van der Waals surface area contributed by atoms with Crippen molar-refractivity contribution >= 4 is 5.78 Å². The van der Waals surface area contributed by atoms with Crippen LogP contribution in [0.1, 0.15) is 18.7 Å². The van der Waals surface area contributed by atoms with Crippen LogP contribution >= 0.6 is 0 Å². The second kappa shape index (κ2) is 3.88. The van der Waals surface area contributed by atoms with Crippen molar-refractivity contribution in [2.75, 3.05) is 0 Å². The van der Waals surface area contributed by atoms with Crippen LogP contribution in [0.3, 0.4) is 0 Å². The second-order valence-corrected chi connectivity index (χ2v) is 2.90. The Labute approximate surface area is 85.8 Å². The van der Waals surface area contributed by atoms with Crippen molar-refractivity contribution < 1.29 is 7.54 Å². The Morgan fingerprint density at radius 2 is 1.57 bits per heavy atom. The number of rotatable bonds is 2. The summed E-state index contributed by atoms with van der Waals surface area (Å²) < 4.78 is 15.1. The quantitative estimate of drug-likeness (QED) is 0.656. The summed E-state index contributed by atoms with van der Waals surface area (Å²) in [7, 11) is 0. The minimum atomic E-state index is -0.209. The zero-order valence-corrected chi connectivity index (χ0v) is 7.53. The smallest absolute Gasteiger partial charge is 0.193 e. The maximum absolute atomic E-state index is 12.0. The fourth-order valence-corrected chi connectivity index (χ4v) is 1.23. The molecule has 0 saturated carbocycles. The van der Waals surface area contributed by atoms with E-state index in [1.807, 2.05) is 6.07 Å². The highest BCUT2D eigenvalue weighted by Gasteiger charge is 2.06. The van der Waals surface area contributed by atoms with Crippen LogP contribution in [0.4, 0.5) is 0 Å². The van der Waals surface area contributed by atoms with Gasteiger partial charge in [-0.25, -0.2) is 0 Å². The van der Waals surface area contributed by atoms with E-state index in [4.69, 9.17) is 2.74 Å². The highest BCUT2D eigenvalue weighted by molar-refractivity contribution is 6.08. The van der Waals surface area contributed by atoms with Gasteiger partial charge in [0.2, 0.25) is 0 Å². The van der Waals surface area contributed by atoms with Crippen molar-refractivity contribution in [2.24, 2.45) is 0 Å². The van der Waals surface area contributed by atoms with Gasteiger partial charge in [0.05, 0.1) is 2.74 Å². The van der Waals surface area contributed by atoms with E-state index in [-0.39, 0.29) is 23.4 Å². The summed E-state index contributed by atoms with van der Waals surface area (Å²) in [5.41, 5.74) is 0.820. The van der Waals surface area contributed by atoms with E-state index in [1.165, 1.54) is 6.07 Å². The lowest BCUT2D eigenvalue weighted by atomic mass is 10.0. The molecule has 0 bridgehead atoms. The molecule has 0 unspecified atom stereocenters. The van der Waals surface area contributed by atoms with Crippen LogP contribution in [0.2, 0.25) is 0 Å². The topological polar surface area (TPSA) is 17.1 Å². The highest BCUT2D eigenvalue weighted by atomic mass is 16.1. The molecule has 0 spiro atoms. The Morgan fingerprint density at radius 3 is 2.36 bits per heavy atom. The first-order chi connectivity index (χ1) is 7.70. The van der Waals surface area contributed by atoms with E-state index >= 15 is 0 Å². The van der Waals surface area contributed by atoms with Gasteiger partial charge in [-0.1, -0.05) is 60.6 Å². The van der Waals surface area contributed by atoms with Crippen molar-refractivity contribution in [3.8, 4) is 0 Å². The van der Waals surface area contributed by atoms with Crippen LogP contribution in [-0.4, -0.2) is 5.78 Å². The minimum Gasteiger partial charge on any atom is -0.289 e. The molecule has 1 nitrogen and oxygen atoms in total. The molecule has 0 atom stereocenters. The molecular weight excluding hydrogens is 172 g/mol. The molecule has 2 aromatic rings. The zero-order chi connectivity index (χ0) is 11.5. The normalized spacial score (nSPS) is 11.7. The maximum atomic E-state index is 12.0.